The van der Waals surface area contributed by atoms with Gasteiger partial charge in [0.25, 0.3) is 0 Å². The average molecular weight is 288 g/mol. The summed E-state index contributed by atoms with van der Waals surface area (Å²) in [5.74, 6) is -0.120. The van der Waals surface area contributed by atoms with Gasteiger partial charge in [-0.05, 0) is 29.3 Å². The van der Waals surface area contributed by atoms with Crippen molar-refractivity contribution in [3.05, 3.63) is 41.2 Å². The first-order chi connectivity index (χ1) is 10.1. The number of carboxylic acid groups (broad SMARTS) is 1. The number of carbonyl (C=O) groups is 1. The standard InChI is InChI=1S/C15H20N4O2/c1-3-5-13(10-15(20)21)19-14(16-17-18-19)9-12-7-4-6-11(2)8-12/h4,6-8,13H,3,5,9-10H2,1-2H3,(H,20,21). The van der Waals surface area contributed by atoms with Crippen LogP contribution in [0.2, 0.25) is 0 Å². The molecule has 1 aromatic carbocycles. The topological polar surface area (TPSA) is 80.9 Å². The second kappa shape index (κ2) is 6.97. The van der Waals surface area contributed by atoms with Crippen LogP contribution in [-0.2, 0) is 11.2 Å². The number of aryl methyl sites for hydroxylation is 1. The summed E-state index contributed by atoms with van der Waals surface area (Å²) in [6, 6.07) is 7.96. The zero-order valence-corrected chi connectivity index (χ0v) is 12.4. The zero-order chi connectivity index (χ0) is 15.2. The average Bonchev–Trinajstić information content (AvgIpc) is 2.86. The van der Waals surface area contributed by atoms with Crippen LogP contribution in [0.4, 0.5) is 0 Å². The minimum atomic E-state index is -0.828. The van der Waals surface area contributed by atoms with E-state index in [4.69, 9.17) is 5.11 Å². The predicted molar refractivity (Wildman–Crippen MR) is 78.0 cm³/mol. The van der Waals surface area contributed by atoms with Crippen molar-refractivity contribution >= 4 is 5.97 Å². The number of aromatic nitrogens is 4. The van der Waals surface area contributed by atoms with Gasteiger partial charge in [0.1, 0.15) is 0 Å². The Balaban J connectivity index is 2.21. The van der Waals surface area contributed by atoms with Crippen molar-refractivity contribution in [3.8, 4) is 0 Å². The molecule has 6 nitrogen and oxygen atoms in total. The van der Waals surface area contributed by atoms with Gasteiger partial charge in [-0.25, -0.2) is 4.68 Å². The minimum Gasteiger partial charge on any atom is -0.481 e. The Labute approximate surface area is 123 Å². The molecule has 1 atom stereocenters. The van der Waals surface area contributed by atoms with E-state index in [1.54, 1.807) is 4.68 Å². The Kier molecular flexibility index (Phi) is 5.03. The number of rotatable bonds is 7. The number of tetrazole rings is 1. The van der Waals surface area contributed by atoms with Crippen molar-refractivity contribution in [2.24, 2.45) is 0 Å². The van der Waals surface area contributed by atoms with Crippen molar-refractivity contribution in [2.45, 2.75) is 45.6 Å². The van der Waals surface area contributed by atoms with E-state index in [1.807, 2.05) is 32.0 Å². The largest absolute Gasteiger partial charge is 0.481 e. The molecule has 1 N–H and O–H groups in total. The first-order valence-corrected chi connectivity index (χ1v) is 7.14. The van der Waals surface area contributed by atoms with Gasteiger partial charge in [-0.3, -0.25) is 4.79 Å². The van der Waals surface area contributed by atoms with Gasteiger partial charge >= 0.3 is 5.97 Å². The molecule has 1 aromatic heterocycles. The number of hydrogen-bond acceptors (Lipinski definition) is 4. The molecule has 2 aromatic rings. The van der Waals surface area contributed by atoms with Crippen LogP contribution in [0.3, 0.4) is 0 Å². The molecule has 0 aliphatic heterocycles. The highest BCUT2D eigenvalue weighted by Gasteiger charge is 2.19. The zero-order valence-electron chi connectivity index (χ0n) is 12.4. The van der Waals surface area contributed by atoms with Gasteiger partial charge in [-0.1, -0.05) is 43.2 Å². The Morgan fingerprint density at radius 1 is 1.43 bits per heavy atom. The number of hydrogen-bond donors (Lipinski definition) is 1. The Bertz CT molecular complexity index is 609. The van der Waals surface area contributed by atoms with E-state index in [9.17, 15) is 4.79 Å². The Hall–Kier alpha value is -2.24. The fourth-order valence-electron chi connectivity index (χ4n) is 2.46. The van der Waals surface area contributed by atoms with Crippen LogP contribution in [0, 0.1) is 6.92 Å². The van der Waals surface area contributed by atoms with Crippen LogP contribution in [-0.4, -0.2) is 31.3 Å². The number of carboxylic acids is 1. The summed E-state index contributed by atoms with van der Waals surface area (Å²) >= 11 is 0. The molecular formula is C15H20N4O2. The van der Waals surface area contributed by atoms with E-state index in [0.717, 1.165) is 18.4 Å². The van der Waals surface area contributed by atoms with Gasteiger partial charge in [0.15, 0.2) is 5.82 Å². The first kappa shape index (κ1) is 15.2. The van der Waals surface area contributed by atoms with Crippen molar-refractivity contribution in [1.82, 2.24) is 20.2 Å². The van der Waals surface area contributed by atoms with Gasteiger partial charge in [-0.2, -0.15) is 0 Å². The van der Waals surface area contributed by atoms with E-state index < -0.39 is 5.97 Å². The third kappa shape index (κ3) is 4.11. The Morgan fingerprint density at radius 3 is 2.90 bits per heavy atom. The summed E-state index contributed by atoms with van der Waals surface area (Å²) < 4.78 is 1.67. The SMILES string of the molecule is CCCC(CC(=O)O)n1nnnc1Cc1cccc(C)c1. The maximum Gasteiger partial charge on any atom is 0.305 e. The lowest BCUT2D eigenvalue weighted by Gasteiger charge is -2.15. The summed E-state index contributed by atoms with van der Waals surface area (Å²) in [5.41, 5.74) is 2.30. The van der Waals surface area contributed by atoms with Crippen molar-refractivity contribution in [2.75, 3.05) is 0 Å². The molecule has 0 bridgehead atoms. The third-order valence-electron chi connectivity index (χ3n) is 3.38. The molecule has 112 valence electrons. The summed E-state index contributed by atoms with van der Waals surface area (Å²) in [7, 11) is 0. The second-order valence-electron chi connectivity index (χ2n) is 5.25. The van der Waals surface area contributed by atoms with Crippen molar-refractivity contribution in [1.29, 1.82) is 0 Å². The fourth-order valence-corrected chi connectivity index (χ4v) is 2.46. The normalized spacial score (nSPS) is 12.3. The molecule has 0 fully saturated rings. The highest BCUT2D eigenvalue weighted by atomic mass is 16.4. The van der Waals surface area contributed by atoms with E-state index in [2.05, 4.69) is 21.6 Å². The quantitative estimate of drug-likeness (QED) is 0.846. The number of aliphatic carboxylic acids is 1. The fraction of sp³-hybridized carbons (Fsp3) is 0.467. The lowest BCUT2D eigenvalue weighted by Crippen LogP contribution is -2.18. The van der Waals surface area contributed by atoms with Crippen LogP contribution in [0.25, 0.3) is 0 Å². The lowest BCUT2D eigenvalue weighted by molar-refractivity contribution is -0.138. The van der Waals surface area contributed by atoms with Gasteiger partial charge in [0.05, 0.1) is 12.5 Å². The van der Waals surface area contributed by atoms with Crippen molar-refractivity contribution in [3.63, 3.8) is 0 Å². The van der Waals surface area contributed by atoms with Crippen LogP contribution in [0.15, 0.2) is 24.3 Å². The highest BCUT2D eigenvalue weighted by Crippen LogP contribution is 2.19. The summed E-state index contributed by atoms with van der Waals surface area (Å²) in [4.78, 5) is 11.0. The third-order valence-corrected chi connectivity index (χ3v) is 3.38. The van der Waals surface area contributed by atoms with Crippen LogP contribution >= 0.6 is 0 Å². The smallest absolute Gasteiger partial charge is 0.305 e. The van der Waals surface area contributed by atoms with Crippen LogP contribution in [0.5, 0.6) is 0 Å². The number of nitrogens with zero attached hydrogens (tertiary/aromatic N) is 4. The molecule has 0 radical (unpaired) electrons. The van der Waals surface area contributed by atoms with E-state index in [-0.39, 0.29) is 12.5 Å². The second-order valence-corrected chi connectivity index (χ2v) is 5.25. The van der Waals surface area contributed by atoms with Gasteiger partial charge < -0.3 is 5.11 Å². The van der Waals surface area contributed by atoms with Crippen LogP contribution in [0.1, 0.15) is 49.2 Å². The maximum atomic E-state index is 11.0. The molecule has 1 heterocycles. The molecule has 6 heteroatoms. The molecule has 2 rings (SSSR count). The van der Waals surface area contributed by atoms with E-state index in [1.165, 1.54) is 5.56 Å². The Morgan fingerprint density at radius 2 is 2.24 bits per heavy atom. The molecule has 21 heavy (non-hydrogen) atoms. The predicted octanol–water partition coefficient (Wildman–Crippen LogP) is 2.39. The summed E-state index contributed by atoms with van der Waals surface area (Å²) in [6.07, 6.45) is 2.29. The maximum absolute atomic E-state index is 11.0. The number of benzene rings is 1. The molecule has 0 aliphatic carbocycles. The van der Waals surface area contributed by atoms with Gasteiger partial charge in [-0.15, -0.1) is 5.10 Å². The molecule has 1 unspecified atom stereocenters. The molecular weight excluding hydrogens is 268 g/mol. The molecule has 0 aliphatic rings. The van der Waals surface area contributed by atoms with Gasteiger partial charge in [0.2, 0.25) is 0 Å². The molecule has 0 saturated carbocycles. The molecule has 0 saturated heterocycles. The van der Waals surface area contributed by atoms with E-state index >= 15 is 0 Å². The van der Waals surface area contributed by atoms with Crippen LogP contribution < -0.4 is 0 Å². The lowest BCUT2D eigenvalue weighted by atomic mass is 10.1. The van der Waals surface area contributed by atoms with Gasteiger partial charge in [0, 0.05) is 6.42 Å². The van der Waals surface area contributed by atoms with Crippen molar-refractivity contribution < 1.29 is 9.90 Å². The summed E-state index contributed by atoms with van der Waals surface area (Å²) in [6.45, 7) is 4.07. The highest BCUT2D eigenvalue weighted by molar-refractivity contribution is 5.67. The molecule has 0 amide bonds. The minimum absolute atomic E-state index is 0.0414. The van der Waals surface area contributed by atoms with E-state index in [0.29, 0.717) is 12.2 Å². The first-order valence-electron chi connectivity index (χ1n) is 7.14. The summed E-state index contributed by atoms with van der Waals surface area (Å²) in [5, 5.41) is 20.8. The molecule has 0 spiro atoms. The monoisotopic (exact) mass is 288 g/mol.